The maximum Gasteiger partial charge on any atom is 0.195 e. The first-order valence-corrected chi connectivity index (χ1v) is 4.36. The molecule has 0 aromatic carbocycles. The summed E-state index contributed by atoms with van der Waals surface area (Å²) < 4.78 is 0. The maximum absolute atomic E-state index is 6.92. The fourth-order valence-electron chi connectivity index (χ4n) is 1.14. The molecule has 0 radical (unpaired) electrons. The van der Waals surface area contributed by atoms with Gasteiger partial charge in [-0.2, -0.15) is 0 Å². The van der Waals surface area contributed by atoms with Crippen LogP contribution in [0.4, 0.5) is 0 Å². The third kappa shape index (κ3) is 9.12. The monoisotopic (exact) mass is 221 g/mol. The molecule has 6 N–H and O–H groups in total. The first-order valence-electron chi connectivity index (χ1n) is 4.36. The molecule has 0 spiro atoms. The second kappa shape index (κ2) is 7.44. The Morgan fingerprint density at radius 1 is 1.36 bits per heavy atom. The quantitative estimate of drug-likeness (QED) is 0.416. The normalized spacial score (nSPS) is 13.3. The van der Waals surface area contributed by atoms with Gasteiger partial charge in [0.1, 0.15) is 0 Å². The SMILES string of the molecule is CC(C)CC(C)N=C(N)NC(=N)N.Cl. The van der Waals surface area contributed by atoms with Crippen LogP contribution in [0.25, 0.3) is 0 Å². The molecule has 0 aliphatic rings. The van der Waals surface area contributed by atoms with E-state index in [1.165, 1.54) is 0 Å². The molecule has 0 saturated heterocycles. The Kier molecular flexibility index (Phi) is 8.23. The molecule has 0 aliphatic heterocycles. The van der Waals surface area contributed by atoms with Crippen molar-refractivity contribution in [2.45, 2.75) is 33.2 Å². The lowest BCUT2D eigenvalue weighted by Gasteiger charge is -2.10. The number of nitrogens with one attached hydrogen (secondary N) is 2. The van der Waals surface area contributed by atoms with Crippen molar-refractivity contribution >= 4 is 24.3 Å². The Balaban J connectivity index is 0. The molecule has 0 aromatic heterocycles. The van der Waals surface area contributed by atoms with Gasteiger partial charge in [-0.15, -0.1) is 12.4 Å². The highest BCUT2D eigenvalue weighted by Crippen LogP contribution is 2.06. The highest BCUT2D eigenvalue weighted by atomic mass is 35.5. The predicted molar refractivity (Wildman–Crippen MR) is 62.8 cm³/mol. The minimum absolute atomic E-state index is 0. The van der Waals surface area contributed by atoms with Gasteiger partial charge in [-0.05, 0) is 19.3 Å². The van der Waals surface area contributed by atoms with Crippen LogP contribution in [0.3, 0.4) is 0 Å². The number of aliphatic imine (C=N–C) groups is 1. The molecule has 1 unspecified atom stereocenters. The first-order chi connectivity index (χ1) is 5.91. The number of nitrogens with zero attached hydrogens (tertiary/aromatic N) is 1. The molecular weight excluding hydrogens is 202 g/mol. The summed E-state index contributed by atoms with van der Waals surface area (Å²) in [4.78, 5) is 4.12. The fraction of sp³-hybridized carbons (Fsp3) is 0.750. The summed E-state index contributed by atoms with van der Waals surface area (Å²) in [5.41, 5.74) is 10.6. The first kappa shape index (κ1) is 15.5. The van der Waals surface area contributed by atoms with Crippen molar-refractivity contribution in [2.75, 3.05) is 0 Å². The number of rotatable bonds is 3. The molecule has 0 aliphatic carbocycles. The number of hydrogen-bond acceptors (Lipinski definition) is 2. The van der Waals surface area contributed by atoms with Crippen LogP contribution >= 0.6 is 12.4 Å². The molecule has 0 aromatic rings. The third-order valence-corrected chi connectivity index (χ3v) is 1.43. The Hall–Kier alpha value is -0.970. The van der Waals surface area contributed by atoms with Crippen LogP contribution < -0.4 is 16.8 Å². The van der Waals surface area contributed by atoms with E-state index < -0.39 is 0 Å². The van der Waals surface area contributed by atoms with Crippen molar-refractivity contribution in [2.24, 2.45) is 22.4 Å². The predicted octanol–water partition coefficient (Wildman–Crippen LogP) is 0.641. The highest BCUT2D eigenvalue weighted by molar-refractivity contribution is 5.95. The number of hydrogen-bond donors (Lipinski definition) is 4. The third-order valence-electron chi connectivity index (χ3n) is 1.43. The molecule has 6 heteroatoms. The molecule has 14 heavy (non-hydrogen) atoms. The molecule has 0 heterocycles. The van der Waals surface area contributed by atoms with Gasteiger partial charge in [-0.3, -0.25) is 15.7 Å². The van der Waals surface area contributed by atoms with E-state index in [0.717, 1.165) is 6.42 Å². The van der Waals surface area contributed by atoms with Crippen molar-refractivity contribution in [3.05, 3.63) is 0 Å². The van der Waals surface area contributed by atoms with Crippen molar-refractivity contribution in [1.82, 2.24) is 5.32 Å². The summed E-state index contributed by atoms with van der Waals surface area (Å²) in [5.74, 6) is 0.613. The van der Waals surface area contributed by atoms with Crippen LogP contribution in [0.2, 0.25) is 0 Å². The molecule has 0 saturated carbocycles. The van der Waals surface area contributed by atoms with Crippen LogP contribution in [0, 0.1) is 11.3 Å². The van der Waals surface area contributed by atoms with Gasteiger partial charge in [0.05, 0.1) is 6.04 Å². The van der Waals surface area contributed by atoms with Gasteiger partial charge in [0.15, 0.2) is 11.9 Å². The van der Waals surface area contributed by atoms with E-state index in [0.29, 0.717) is 5.92 Å². The number of nitrogens with two attached hydrogens (primary N) is 2. The molecule has 1 atom stereocenters. The van der Waals surface area contributed by atoms with E-state index in [-0.39, 0.29) is 30.4 Å². The van der Waals surface area contributed by atoms with Gasteiger partial charge in [0.25, 0.3) is 0 Å². The summed E-state index contributed by atoms with van der Waals surface area (Å²) in [7, 11) is 0. The molecule has 5 nitrogen and oxygen atoms in total. The van der Waals surface area contributed by atoms with Crippen LogP contribution in [0.1, 0.15) is 27.2 Å². The zero-order chi connectivity index (χ0) is 10.4. The van der Waals surface area contributed by atoms with Gasteiger partial charge in [0.2, 0.25) is 0 Å². The lowest BCUT2D eigenvalue weighted by Crippen LogP contribution is -2.41. The zero-order valence-corrected chi connectivity index (χ0v) is 9.69. The Bertz CT molecular complexity index is 202. The van der Waals surface area contributed by atoms with Crippen molar-refractivity contribution in [3.8, 4) is 0 Å². The van der Waals surface area contributed by atoms with E-state index in [1.807, 2.05) is 6.92 Å². The minimum atomic E-state index is -0.182. The van der Waals surface area contributed by atoms with E-state index >= 15 is 0 Å². The highest BCUT2D eigenvalue weighted by Gasteiger charge is 2.03. The van der Waals surface area contributed by atoms with Crippen molar-refractivity contribution < 1.29 is 0 Å². The van der Waals surface area contributed by atoms with Gasteiger partial charge in [-0.25, -0.2) is 0 Å². The van der Waals surface area contributed by atoms with E-state index in [2.05, 4.69) is 24.2 Å². The van der Waals surface area contributed by atoms with Gasteiger partial charge >= 0.3 is 0 Å². The summed E-state index contributed by atoms with van der Waals surface area (Å²) in [6, 6.07) is 0.159. The topological polar surface area (TPSA) is 100 Å². The molecule has 0 amide bonds. The molecule has 0 rings (SSSR count). The van der Waals surface area contributed by atoms with Crippen LogP contribution in [0.15, 0.2) is 4.99 Å². The van der Waals surface area contributed by atoms with Crippen LogP contribution in [-0.2, 0) is 0 Å². The molecule has 84 valence electrons. The van der Waals surface area contributed by atoms with E-state index in [9.17, 15) is 0 Å². The summed E-state index contributed by atoms with van der Waals surface area (Å²) in [5, 5.41) is 9.35. The average molecular weight is 222 g/mol. The van der Waals surface area contributed by atoms with Gasteiger partial charge < -0.3 is 11.5 Å². The Morgan fingerprint density at radius 3 is 2.21 bits per heavy atom. The maximum atomic E-state index is 6.92. The van der Waals surface area contributed by atoms with Crippen molar-refractivity contribution in [1.29, 1.82) is 5.41 Å². The average Bonchev–Trinajstić information content (AvgIpc) is 1.80. The largest absolute Gasteiger partial charge is 0.370 e. The minimum Gasteiger partial charge on any atom is -0.370 e. The molecular formula is C8H20ClN5. The Labute approximate surface area is 91.3 Å². The number of halogens is 1. The molecule has 0 fully saturated rings. The van der Waals surface area contributed by atoms with Gasteiger partial charge in [0, 0.05) is 0 Å². The lowest BCUT2D eigenvalue weighted by atomic mass is 10.1. The van der Waals surface area contributed by atoms with Gasteiger partial charge in [-0.1, -0.05) is 13.8 Å². The van der Waals surface area contributed by atoms with Crippen LogP contribution in [0.5, 0.6) is 0 Å². The summed E-state index contributed by atoms with van der Waals surface area (Å²) in [6.45, 7) is 6.23. The number of guanidine groups is 2. The fourth-order valence-corrected chi connectivity index (χ4v) is 1.14. The Morgan fingerprint density at radius 2 is 1.86 bits per heavy atom. The van der Waals surface area contributed by atoms with E-state index in [4.69, 9.17) is 16.9 Å². The zero-order valence-electron chi connectivity index (χ0n) is 8.87. The molecule has 0 bridgehead atoms. The second-order valence-corrected chi connectivity index (χ2v) is 3.53. The summed E-state index contributed by atoms with van der Waals surface area (Å²) in [6.07, 6.45) is 0.973. The van der Waals surface area contributed by atoms with Crippen molar-refractivity contribution in [3.63, 3.8) is 0 Å². The smallest absolute Gasteiger partial charge is 0.195 e. The standard InChI is InChI=1S/C8H19N5.ClH/c1-5(2)4-6(3)12-8(11)13-7(9)10;/h5-6H,4H2,1-3H3,(H6,9,10,11,12,13);1H. The van der Waals surface area contributed by atoms with E-state index in [1.54, 1.807) is 0 Å². The van der Waals surface area contributed by atoms with Crippen LogP contribution in [-0.4, -0.2) is 18.0 Å². The summed E-state index contributed by atoms with van der Waals surface area (Å²) >= 11 is 0. The lowest BCUT2D eigenvalue weighted by molar-refractivity contribution is 0.521. The second-order valence-electron chi connectivity index (χ2n) is 3.53.